The quantitative estimate of drug-likeness (QED) is 0.808. The summed E-state index contributed by atoms with van der Waals surface area (Å²) in [7, 11) is 0. The molecule has 0 unspecified atom stereocenters. The number of rotatable bonds is 5. The third kappa shape index (κ3) is 4.55. The molecule has 4 nitrogen and oxygen atoms in total. The minimum atomic E-state index is -0.581. The van der Waals surface area contributed by atoms with Gasteiger partial charge in [-0.15, -0.1) is 12.6 Å². The van der Waals surface area contributed by atoms with Gasteiger partial charge in [0.25, 0.3) is 5.91 Å². The Kier molecular flexibility index (Phi) is 5.35. The van der Waals surface area contributed by atoms with Crippen molar-refractivity contribution in [3.63, 3.8) is 0 Å². The van der Waals surface area contributed by atoms with Crippen LogP contribution in [-0.2, 0) is 4.79 Å². The zero-order chi connectivity index (χ0) is 14.6. The van der Waals surface area contributed by atoms with Crippen LogP contribution < -0.4 is 5.73 Å². The molecular formula is C13H17FN2O2S. The molecule has 1 aromatic carbocycles. The van der Waals surface area contributed by atoms with Crippen molar-refractivity contribution in [2.24, 2.45) is 11.7 Å². The number of hydrogen-bond acceptors (Lipinski definition) is 3. The average molecular weight is 284 g/mol. The van der Waals surface area contributed by atoms with Gasteiger partial charge in [-0.3, -0.25) is 9.59 Å². The third-order valence-electron chi connectivity index (χ3n) is 2.41. The molecule has 19 heavy (non-hydrogen) atoms. The molecule has 1 aromatic rings. The summed E-state index contributed by atoms with van der Waals surface area (Å²) in [6.45, 7) is 4.10. The summed E-state index contributed by atoms with van der Waals surface area (Å²) in [6, 6.07) is 3.88. The van der Waals surface area contributed by atoms with Crippen molar-refractivity contribution in [1.29, 1.82) is 0 Å². The summed E-state index contributed by atoms with van der Waals surface area (Å²) in [5, 5.41) is 0. The Morgan fingerprint density at radius 1 is 1.42 bits per heavy atom. The Morgan fingerprint density at radius 3 is 2.53 bits per heavy atom. The number of thiol groups is 1. The van der Waals surface area contributed by atoms with Gasteiger partial charge in [0.1, 0.15) is 5.82 Å². The standard InChI is InChI=1S/C13H17FN2O2S/c1-8(2)6-16(7-12(15)17)13(18)9-3-4-10(14)11(19)5-9/h3-5,8,19H,6-7H2,1-2H3,(H2,15,17). The zero-order valence-corrected chi connectivity index (χ0v) is 11.8. The number of nitrogens with zero attached hydrogens (tertiary/aromatic N) is 1. The van der Waals surface area contributed by atoms with Crippen LogP contribution >= 0.6 is 12.6 Å². The molecule has 104 valence electrons. The molecule has 2 N–H and O–H groups in total. The van der Waals surface area contributed by atoms with Gasteiger partial charge in [-0.25, -0.2) is 4.39 Å². The zero-order valence-electron chi connectivity index (χ0n) is 10.9. The lowest BCUT2D eigenvalue weighted by molar-refractivity contribution is -0.118. The normalized spacial score (nSPS) is 10.6. The van der Waals surface area contributed by atoms with Crippen molar-refractivity contribution in [2.75, 3.05) is 13.1 Å². The van der Waals surface area contributed by atoms with Gasteiger partial charge >= 0.3 is 0 Å². The molecule has 0 saturated heterocycles. The highest BCUT2D eigenvalue weighted by Gasteiger charge is 2.19. The van der Waals surface area contributed by atoms with E-state index in [0.717, 1.165) is 0 Å². The van der Waals surface area contributed by atoms with Crippen LogP contribution in [0.4, 0.5) is 4.39 Å². The number of carbonyl (C=O) groups excluding carboxylic acids is 2. The van der Waals surface area contributed by atoms with Crippen LogP contribution in [0.5, 0.6) is 0 Å². The maximum absolute atomic E-state index is 13.1. The van der Waals surface area contributed by atoms with E-state index in [9.17, 15) is 14.0 Å². The lowest BCUT2D eigenvalue weighted by Gasteiger charge is -2.23. The van der Waals surface area contributed by atoms with Gasteiger partial charge in [0.05, 0.1) is 6.54 Å². The smallest absolute Gasteiger partial charge is 0.254 e. The third-order valence-corrected chi connectivity index (χ3v) is 2.76. The molecule has 0 radical (unpaired) electrons. The van der Waals surface area contributed by atoms with Crippen LogP contribution in [0.3, 0.4) is 0 Å². The SMILES string of the molecule is CC(C)CN(CC(N)=O)C(=O)c1ccc(F)c(S)c1. The van der Waals surface area contributed by atoms with E-state index in [1.165, 1.54) is 23.1 Å². The monoisotopic (exact) mass is 284 g/mol. The van der Waals surface area contributed by atoms with E-state index >= 15 is 0 Å². The molecular weight excluding hydrogens is 267 g/mol. The number of carbonyl (C=O) groups is 2. The second-order valence-corrected chi connectivity index (χ2v) is 5.19. The molecule has 0 heterocycles. The number of hydrogen-bond donors (Lipinski definition) is 2. The Hall–Kier alpha value is -1.56. The Balaban J connectivity index is 2.97. The molecule has 0 saturated carbocycles. The second-order valence-electron chi connectivity index (χ2n) is 4.71. The summed E-state index contributed by atoms with van der Waals surface area (Å²) in [4.78, 5) is 24.7. The maximum atomic E-state index is 13.1. The highest BCUT2D eigenvalue weighted by Crippen LogP contribution is 2.16. The Labute approximate surface area is 117 Å². The molecule has 6 heteroatoms. The van der Waals surface area contributed by atoms with E-state index in [1.54, 1.807) is 0 Å². The fraction of sp³-hybridized carbons (Fsp3) is 0.385. The predicted octanol–water partition coefficient (Wildman–Crippen LogP) is 1.70. The first-order chi connectivity index (χ1) is 8.81. The van der Waals surface area contributed by atoms with Crippen LogP contribution in [-0.4, -0.2) is 29.8 Å². The molecule has 0 aliphatic rings. The van der Waals surface area contributed by atoms with Crippen molar-refractivity contribution in [3.05, 3.63) is 29.6 Å². The fourth-order valence-corrected chi connectivity index (χ4v) is 1.89. The first-order valence-corrected chi connectivity index (χ1v) is 6.32. The molecule has 0 bridgehead atoms. The highest BCUT2D eigenvalue weighted by molar-refractivity contribution is 7.80. The Bertz CT molecular complexity index is 492. The average Bonchev–Trinajstić information content (AvgIpc) is 2.29. The molecule has 0 aromatic heterocycles. The van der Waals surface area contributed by atoms with Gasteiger partial charge in [0, 0.05) is 17.0 Å². The van der Waals surface area contributed by atoms with E-state index in [4.69, 9.17) is 5.73 Å². The van der Waals surface area contributed by atoms with E-state index in [1.807, 2.05) is 13.8 Å². The summed E-state index contributed by atoms with van der Waals surface area (Å²) >= 11 is 3.93. The number of nitrogens with two attached hydrogens (primary N) is 1. The van der Waals surface area contributed by atoms with Crippen LogP contribution in [0.1, 0.15) is 24.2 Å². The minimum Gasteiger partial charge on any atom is -0.368 e. The topological polar surface area (TPSA) is 63.4 Å². The number of primary amides is 1. The van der Waals surface area contributed by atoms with Gasteiger partial charge < -0.3 is 10.6 Å². The molecule has 0 aliphatic heterocycles. The lowest BCUT2D eigenvalue weighted by Crippen LogP contribution is -2.40. The van der Waals surface area contributed by atoms with Crippen molar-refractivity contribution in [1.82, 2.24) is 4.90 Å². The first kappa shape index (κ1) is 15.5. The van der Waals surface area contributed by atoms with Crippen LogP contribution in [0, 0.1) is 11.7 Å². The largest absolute Gasteiger partial charge is 0.368 e. The summed E-state index contributed by atoms with van der Waals surface area (Å²) < 4.78 is 13.1. The number of benzene rings is 1. The molecule has 2 amide bonds. The number of amides is 2. The minimum absolute atomic E-state index is 0.0921. The number of halogens is 1. The van der Waals surface area contributed by atoms with Gasteiger partial charge in [-0.1, -0.05) is 13.8 Å². The second kappa shape index (κ2) is 6.56. The fourth-order valence-electron chi connectivity index (χ4n) is 1.68. The molecule has 0 spiro atoms. The van der Waals surface area contributed by atoms with Gasteiger partial charge in [-0.05, 0) is 24.1 Å². The molecule has 0 atom stereocenters. The Morgan fingerprint density at radius 2 is 2.05 bits per heavy atom. The predicted molar refractivity (Wildman–Crippen MR) is 73.6 cm³/mol. The van der Waals surface area contributed by atoms with Crippen LogP contribution in [0.15, 0.2) is 23.1 Å². The van der Waals surface area contributed by atoms with E-state index in [2.05, 4.69) is 12.6 Å². The summed E-state index contributed by atoms with van der Waals surface area (Å²) in [5.74, 6) is -1.24. The van der Waals surface area contributed by atoms with E-state index < -0.39 is 11.7 Å². The first-order valence-electron chi connectivity index (χ1n) is 5.87. The van der Waals surface area contributed by atoms with Crippen molar-refractivity contribution >= 4 is 24.4 Å². The van der Waals surface area contributed by atoms with Crippen LogP contribution in [0.2, 0.25) is 0 Å². The lowest BCUT2D eigenvalue weighted by atomic mass is 10.1. The van der Waals surface area contributed by atoms with Gasteiger partial charge in [0.2, 0.25) is 5.91 Å². The molecule has 1 rings (SSSR count). The van der Waals surface area contributed by atoms with E-state index in [0.29, 0.717) is 6.54 Å². The highest BCUT2D eigenvalue weighted by atomic mass is 32.1. The maximum Gasteiger partial charge on any atom is 0.254 e. The van der Waals surface area contributed by atoms with Crippen molar-refractivity contribution in [3.8, 4) is 0 Å². The van der Waals surface area contributed by atoms with Crippen molar-refractivity contribution in [2.45, 2.75) is 18.7 Å². The summed E-state index contributed by atoms with van der Waals surface area (Å²) in [6.07, 6.45) is 0. The molecule has 0 aliphatic carbocycles. The van der Waals surface area contributed by atoms with Gasteiger partial charge in [-0.2, -0.15) is 0 Å². The summed E-state index contributed by atoms with van der Waals surface area (Å²) in [5.41, 5.74) is 5.42. The van der Waals surface area contributed by atoms with Crippen LogP contribution in [0.25, 0.3) is 0 Å². The van der Waals surface area contributed by atoms with Gasteiger partial charge in [0.15, 0.2) is 0 Å². The van der Waals surface area contributed by atoms with E-state index in [-0.39, 0.29) is 28.8 Å². The van der Waals surface area contributed by atoms with Crippen molar-refractivity contribution < 1.29 is 14.0 Å². The molecule has 0 fully saturated rings.